The van der Waals surface area contributed by atoms with Gasteiger partial charge in [0.2, 0.25) is 0 Å². The summed E-state index contributed by atoms with van der Waals surface area (Å²) in [5.41, 5.74) is 0.732. The third kappa shape index (κ3) is 1.66. The molecule has 0 spiro atoms. The Morgan fingerprint density at radius 1 is 1.58 bits per heavy atom. The zero-order valence-electron chi connectivity index (χ0n) is 6.69. The van der Waals surface area contributed by atoms with Crippen molar-refractivity contribution in [1.29, 1.82) is 0 Å². The number of aromatic hydroxyl groups is 1. The first-order valence-electron chi connectivity index (χ1n) is 3.38. The van der Waals surface area contributed by atoms with Crippen LogP contribution in [0.3, 0.4) is 0 Å². The van der Waals surface area contributed by atoms with Crippen molar-refractivity contribution >= 4 is 6.21 Å². The Kier molecular flexibility index (Phi) is 2.53. The van der Waals surface area contributed by atoms with Crippen LogP contribution in [-0.4, -0.2) is 18.4 Å². The lowest BCUT2D eigenvalue weighted by Crippen LogP contribution is -1.88. The molecule has 0 saturated heterocycles. The van der Waals surface area contributed by atoms with E-state index in [1.807, 2.05) is 0 Å². The highest BCUT2D eigenvalue weighted by Gasteiger charge is 1.99. The van der Waals surface area contributed by atoms with E-state index in [4.69, 9.17) is 10.6 Å². The van der Waals surface area contributed by atoms with E-state index in [1.54, 1.807) is 12.1 Å². The van der Waals surface area contributed by atoms with Crippen molar-refractivity contribution in [2.75, 3.05) is 7.11 Å². The van der Waals surface area contributed by atoms with Crippen LogP contribution in [0.15, 0.2) is 23.3 Å². The monoisotopic (exact) mass is 166 g/mol. The van der Waals surface area contributed by atoms with Crippen molar-refractivity contribution in [3.05, 3.63) is 23.8 Å². The summed E-state index contributed by atoms with van der Waals surface area (Å²) in [6.45, 7) is 0. The number of hydrazone groups is 1. The fourth-order valence-corrected chi connectivity index (χ4v) is 0.873. The van der Waals surface area contributed by atoms with Gasteiger partial charge in [-0.2, -0.15) is 5.10 Å². The maximum Gasteiger partial charge on any atom is 0.160 e. The molecular formula is C8H10N2O2. The number of rotatable bonds is 2. The lowest BCUT2D eigenvalue weighted by atomic mass is 10.2. The number of hydrogen-bond acceptors (Lipinski definition) is 4. The van der Waals surface area contributed by atoms with Gasteiger partial charge in [0.1, 0.15) is 0 Å². The van der Waals surface area contributed by atoms with Gasteiger partial charge in [-0.05, 0) is 23.8 Å². The van der Waals surface area contributed by atoms with E-state index in [9.17, 15) is 5.11 Å². The van der Waals surface area contributed by atoms with Gasteiger partial charge in [0.15, 0.2) is 11.5 Å². The topological polar surface area (TPSA) is 67.8 Å². The minimum Gasteiger partial charge on any atom is -0.504 e. The molecule has 0 aliphatic rings. The quantitative estimate of drug-likeness (QED) is 0.386. The van der Waals surface area contributed by atoms with Gasteiger partial charge < -0.3 is 15.7 Å². The molecule has 4 heteroatoms. The molecule has 0 bridgehead atoms. The molecule has 0 unspecified atom stereocenters. The Balaban J connectivity index is 3.01. The number of nitrogens with two attached hydrogens (primary N) is 1. The first-order chi connectivity index (χ1) is 5.77. The normalized spacial score (nSPS) is 10.4. The molecule has 0 aliphatic heterocycles. The third-order valence-corrected chi connectivity index (χ3v) is 1.43. The first-order valence-corrected chi connectivity index (χ1v) is 3.38. The fraction of sp³-hybridized carbons (Fsp3) is 0.125. The highest BCUT2D eigenvalue weighted by Crippen LogP contribution is 2.25. The molecule has 1 rings (SSSR count). The SMILES string of the molecule is COc1ccc(/C=N/N)cc1O. The van der Waals surface area contributed by atoms with Crippen molar-refractivity contribution in [3.8, 4) is 11.5 Å². The number of benzene rings is 1. The Labute approximate surface area is 70.3 Å². The van der Waals surface area contributed by atoms with Gasteiger partial charge in [-0.1, -0.05) is 0 Å². The smallest absolute Gasteiger partial charge is 0.160 e. The molecule has 0 amide bonds. The number of methoxy groups -OCH3 is 1. The second-order valence-electron chi connectivity index (χ2n) is 2.21. The van der Waals surface area contributed by atoms with Crippen LogP contribution < -0.4 is 10.6 Å². The molecule has 64 valence electrons. The van der Waals surface area contributed by atoms with E-state index in [1.165, 1.54) is 19.4 Å². The summed E-state index contributed by atoms with van der Waals surface area (Å²) in [6, 6.07) is 4.91. The van der Waals surface area contributed by atoms with Gasteiger partial charge in [-0.15, -0.1) is 0 Å². The molecule has 0 heterocycles. The van der Waals surface area contributed by atoms with Crippen molar-refractivity contribution in [3.63, 3.8) is 0 Å². The van der Waals surface area contributed by atoms with E-state index in [0.29, 0.717) is 5.75 Å². The average molecular weight is 166 g/mol. The van der Waals surface area contributed by atoms with Crippen LogP contribution in [0.25, 0.3) is 0 Å². The summed E-state index contributed by atoms with van der Waals surface area (Å²) in [5, 5.41) is 12.6. The van der Waals surface area contributed by atoms with Gasteiger partial charge >= 0.3 is 0 Å². The minimum absolute atomic E-state index is 0.0786. The zero-order valence-corrected chi connectivity index (χ0v) is 6.69. The van der Waals surface area contributed by atoms with Crippen molar-refractivity contribution < 1.29 is 9.84 Å². The maximum absolute atomic E-state index is 9.29. The van der Waals surface area contributed by atoms with Crippen LogP contribution in [0.2, 0.25) is 0 Å². The maximum atomic E-state index is 9.29. The lowest BCUT2D eigenvalue weighted by Gasteiger charge is -2.02. The standard InChI is InChI=1S/C8H10N2O2/c1-12-8-3-2-6(5-10-9)4-7(8)11/h2-5,11H,9H2,1H3/b10-5+. The molecule has 0 saturated carbocycles. The third-order valence-electron chi connectivity index (χ3n) is 1.43. The molecule has 0 aliphatic carbocycles. The van der Waals surface area contributed by atoms with Gasteiger partial charge in [0.25, 0.3) is 0 Å². The van der Waals surface area contributed by atoms with Gasteiger partial charge in [0, 0.05) is 0 Å². The predicted octanol–water partition coefficient (Wildman–Crippen LogP) is 0.693. The molecule has 0 aromatic heterocycles. The highest BCUT2D eigenvalue weighted by molar-refractivity contribution is 5.80. The fourth-order valence-electron chi connectivity index (χ4n) is 0.873. The molecule has 0 fully saturated rings. The summed E-state index contributed by atoms with van der Waals surface area (Å²) >= 11 is 0. The number of ether oxygens (including phenoxy) is 1. The molecule has 0 atom stereocenters. The summed E-state index contributed by atoms with van der Waals surface area (Å²) in [5.74, 6) is 5.45. The molecular weight excluding hydrogens is 156 g/mol. The Bertz CT molecular complexity index is 297. The van der Waals surface area contributed by atoms with Gasteiger partial charge in [0.05, 0.1) is 13.3 Å². The first kappa shape index (κ1) is 8.39. The summed E-state index contributed by atoms with van der Waals surface area (Å²) < 4.78 is 4.85. The highest BCUT2D eigenvalue weighted by atomic mass is 16.5. The van der Waals surface area contributed by atoms with Crippen LogP contribution in [0, 0.1) is 0 Å². The van der Waals surface area contributed by atoms with Crippen molar-refractivity contribution in [2.45, 2.75) is 0 Å². The van der Waals surface area contributed by atoms with Gasteiger partial charge in [-0.3, -0.25) is 0 Å². The molecule has 1 aromatic carbocycles. The second kappa shape index (κ2) is 3.61. The average Bonchev–Trinajstić information content (AvgIpc) is 2.05. The number of hydrogen-bond donors (Lipinski definition) is 2. The van der Waals surface area contributed by atoms with E-state index >= 15 is 0 Å². The minimum atomic E-state index is 0.0786. The largest absolute Gasteiger partial charge is 0.504 e. The van der Waals surface area contributed by atoms with E-state index in [-0.39, 0.29) is 5.75 Å². The molecule has 12 heavy (non-hydrogen) atoms. The number of phenols is 1. The van der Waals surface area contributed by atoms with Crippen LogP contribution in [-0.2, 0) is 0 Å². The summed E-state index contributed by atoms with van der Waals surface area (Å²) in [4.78, 5) is 0. The molecule has 1 aromatic rings. The van der Waals surface area contributed by atoms with Crippen LogP contribution >= 0.6 is 0 Å². The van der Waals surface area contributed by atoms with Crippen LogP contribution in [0.5, 0.6) is 11.5 Å². The summed E-state index contributed by atoms with van der Waals surface area (Å²) in [6.07, 6.45) is 1.44. The zero-order chi connectivity index (χ0) is 8.97. The van der Waals surface area contributed by atoms with E-state index in [2.05, 4.69) is 5.10 Å². The van der Waals surface area contributed by atoms with Crippen LogP contribution in [0.4, 0.5) is 0 Å². The van der Waals surface area contributed by atoms with Crippen molar-refractivity contribution in [2.24, 2.45) is 10.9 Å². The second-order valence-corrected chi connectivity index (χ2v) is 2.21. The van der Waals surface area contributed by atoms with Crippen LogP contribution in [0.1, 0.15) is 5.56 Å². The van der Waals surface area contributed by atoms with Gasteiger partial charge in [-0.25, -0.2) is 0 Å². The number of phenolic OH excluding ortho intramolecular Hbond substituents is 1. The van der Waals surface area contributed by atoms with E-state index in [0.717, 1.165) is 5.56 Å². The lowest BCUT2D eigenvalue weighted by molar-refractivity contribution is 0.373. The number of nitrogens with zero attached hydrogens (tertiary/aromatic N) is 1. The predicted molar refractivity (Wildman–Crippen MR) is 46.4 cm³/mol. The Morgan fingerprint density at radius 2 is 2.33 bits per heavy atom. The Hall–Kier alpha value is -1.71. The van der Waals surface area contributed by atoms with E-state index < -0.39 is 0 Å². The van der Waals surface area contributed by atoms with Crippen molar-refractivity contribution in [1.82, 2.24) is 0 Å². The molecule has 3 N–H and O–H groups in total. The molecule has 0 radical (unpaired) electrons. The molecule has 4 nitrogen and oxygen atoms in total. The summed E-state index contributed by atoms with van der Waals surface area (Å²) in [7, 11) is 1.49. The Morgan fingerprint density at radius 3 is 2.83 bits per heavy atom.